The molecule has 0 spiro atoms. The summed E-state index contributed by atoms with van der Waals surface area (Å²) in [5.41, 5.74) is 0.151. The number of hydrogen-bond donors (Lipinski definition) is 2. The molecule has 0 saturated carbocycles. The first-order valence-electron chi connectivity index (χ1n) is 6.48. The Morgan fingerprint density at radius 2 is 1.75 bits per heavy atom. The zero-order chi connectivity index (χ0) is 15.0. The van der Waals surface area contributed by atoms with E-state index in [2.05, 4.69) is 5.32 Å². The van der Waals surface area contributed by atoms with Gasteiger partial charge in [-0.1, -0.05) is 18.6 Å². The summed E-state index contributed by atoms with van der Waals surface area (Å²) < 4.78 is 37.0. The van der Waals surface area contributed by atoms with Crippen LogP contribution in [0.25, 0.3) is 0 Å². The van der Waals surface area contributed by atoms with Gasteiger partial charge >= 0.3 is 12.1 Å². The third-order valence-corrected chi connectivity index (χ3v) is 2.85. The Bertz CT molecular complexity index is 415. The summed E-state index contributed by atoms with van der Waals surface area (Å²) in [4.78, 5) is 10.3. The van der Waals surface area contributed by atoms with Crippen LogP contribution in [-0.2, 0) is 17.5 Å². The van der Waals surface area contributed by atoms with Gasteiger partial charge < -0.3 is 10.4 Å². The molecule has 0 fully saturated rings. The highest BCUT2D eigenvalue weighted by atomic mass is 19.4. The molecule has 0 radical (unpaired) electrons. The lowest BCUT2D eigenvalue weighted by Crippen LogP contribution is -2.15. The van der Waals surface area contributed by atoms with Crippen LogP contribution in [0.1, 0.15) is 36.8 Å². The molecule has 0 aliphatic heterocycles. The number of hydrogen-bond acceptors (Lipinski definition) is 2. The summed E-state index contributed by atoms with van der Waals surface area (Å²) in [5, 5.41) is 11.6. The van der Waals surface area contributed by atoms with E-state index in [0.29, 0.717) is 13.0 Å². The molecule has 1 aromatic carbocycles. The monoisotopic (exact) mass is 289 g/mol. The highest BCUT2D eigenvalue weighted by molar-refractivity contribution is 5.66. The van der Waals surface area contributed by atoms with E-state index in [1.165, 1.54) is 12.1 Å². The number of alkyl halides is 3. The van der Waals surface area contributed by atoms with E-state index in [4.69, 9.17) is 5.11 Å². The Labute approximate surface area is 115 Å². The molecule has 0 aliphatic carbocycles. The minimum Gasteiger partial charge on any atom is -0.481 e. The molecular weight excluding hydrogens is 271 g/mol. The number of aliphatic carboxylic acids is 1. The molecule has 0 saturated heterocycles. The zero-order valence-electron chi connectivity index (χ0n) is 11.0. The number of unbranched alkanes of at least 4 members (excludes halogenated alkanes) is 2. The molecule has 0 unspecified atom stereocenters. The smallest absolute Gasteiger partial charge is 0.416 e. The number of halogens is 3. The van der Waals surface area contributed by atoms with Gasteiger partial charge in [-0.3, -0.25) is 4.79 Å². The highest BCUT2D eigenvalue weighted by Gasteiger charge is 2.29. The molecule has 1 rings (SSSR count). The first-order chi connectivity index (χ1) is 9.39. The summed E-state index contributed by atoms with van der Waals surface area (Å²) in [6.45, 7) is 1.23. The maximum Gasteiger partial charge on any atom is 0.416 e. The molecule has 0 bridgehead atoms. The number of carboxylic acid groups (broad SMARTS) is 1. The topological polar surface area (TPSA) is 49.3 Å². The van der Waals surface area contributed by atoms with Gasteiger partial charge in [0, 0.05) is 13.0 Å². The lowest BCUT2D eigenvalue weighted by molar-refractivity contribution is -0.138. The lowest BCUT2D eigenvalue weighted by Gasteiger charge is -2.08. The van der Waals surface area contributed by atoms with Gasteiger partial charge in [0.1, 0.15) is 0 Å². The minimum absolute atomic E-state index is 0.179. The summed E-state index contributed by atoms with van der Waals surface area (Å²) >= 11 is 0. The van der Waals surface area contributed by atoms with Crippen molar-refractivity contribution < 1.29 is 23.1 Å². The fourth-order valence-corrected chi connectivity index (χ4v) is 1.75. The van der Waals surface area contributed by atoms with Crippen molar-refractivity contribution in [1.82, 2.24) is 5.32 Å². The maximum absolute atomic E-state index is 12.3. The molecular formula is C14H18F3NO2. The van der Waals surface area contributed by atoms with Crippen molar-refractivity contribution in [2.75, 3.05) is 6.54 Å². The Hall–Kier alpha value is -1.56. The largest absolute Gasteiger partial charge is 0.481 e. The number of carboxylic acids is 1. The second-order valence-electron chi connectivity index (χ2n) is 4.58. The van der Waals surface area contributed by atoms with Crippen LogP contribution in [0, 0.1) is 0 Å². The van der Waals surface area contributed by atoms with E-state index in [0.717, 1.165) is 37.1 Å². The van der Waals surface area contributed by atoms with E-state index in [1.54, 1.807) is 0 Å². The summed E-state index contributed by atoms with van der Waals surface area (Å²) in [6, 6.07) is 5.06. The lowest BCUT2D eigenvalue weighted by atomic mass is 10.1. The quantitative estimate of drug-likeness (QED) is 0.721. The SMILES string of the molecule is O=C(O)CCCCCNCc1ccc(C(F)(F)F)cc1. The highest BCUT2D eigenvalue weighted by Crippen LogP contribution is 2.28. The van der Waals surface area contributed by atoms with Crippen LogP contribution in [0.3, 0.4) is 0 Å². The predicted molar refractivity (Wildman–Crippen MR) is 69.3 cm³/mol. The summed E-state index contributed by atoms with van der Waals surface area (Å²) in [5.74, 6) is -0.789. The van der Waals surface area contributed by atoms with Gasteiger partial charge in [0.05, 0.1) is 5.56 Å². The minimum atomic E-state index is -4.30. The van der Waals surface area contributed by atoms with Gasteiger partial charge in [-0.05, 0) is 37.1 Å². The average molecular weight is 289 g/mol. The van der Waals surface area contributed by atoms with E-state index < -0.39 is 17.7 Å². The molecule has 112 valence electrons. The van der Waals surface area contributed by atoms with Crippen LogP contribution in [0.15, 0.2) is 24.3 Å². The first-order valence-corrected chi connectivity index (χ1v) is 6.48. The van der Waals surface area contributed by atoms with Crippen LogP contribution in [0.5, 0.6) is 0 Å². The Morgan fingerprint density at radius 1 is 1.10 bits per heavy atom. The van der Waals surface area contributed by atoms with E-state index in [-0.39, 0.29) is 6.42 Å². The van der Waals surface area contributed by atoms with Crippen molar-refractivity contribution >= 4 is 5.97 Å². The van der Waals surface area contributed by atoms with E-state index in [9.17, 15) is 18.0 Å². The van der Waals surface area contributed by atoms with Gasteiger partial charge in [-0.25, -0.2) is 0 Å². The third kappa shape index (κ3) is 6.56. The average Bonchev–Trinajstić information content (AvgIpc) is 2.37. The Morgan fingerprint density at radius 3 is 2.30 bits per heavy atom. The van der Waals surface area contributed by atoms with Crippen LogP contribution < -0.4 is 5.32 Å². The summed E-state index contributed by atoms with van der Waals surface area (Å²) in [7, 11) is 0. The number of carbonyl (C=O) groups is 1. The van der Waals surface area contributed by atoms with Crippen LogP contribution in [0.2, 0.25) is 0 Å². The van der Waals surface area contributed by atoms with Gasteiger partial charge in [-0.15, -0.1) is 0 Å². The van der Waals surface area contributed by atoms with Crippen molar-refractivity contribution in [3.05, 3.63) is 35.4 Å². The molecule has 0 aliphatic rings. The molecule has 2 N–H and O–H groups in total. The molecule has 0 aromatic heterocycles. The standard InChI is InChI=1S/C14H18F3NO2/c15-14(16,17)12-7-5-11(6-8-12)10-18-9-3-1-2-4-13(19)20/h5-8,18H,1-4,9-10H2,(H,19,20). The number of nitrogens with one attached hydrogen (secondary N) is 1. The normalized spacial score (nSPS) is 11.6. The predicted octanol–water partition coefficient (Wildman–Crippen LogP) is 3.44. The molecule has 20 heavy (non-hydrogen) atoms. The van der Waals surface area contributed by atoms with Gasteiger partial charge in [0.25, 0.3) is 0 Å². The molecule has 3 nitrogen and oxygen atoms in total. The van der Waals surface area contributed by atoms with E-state index >= 15 is 0 Å². The van der Waals surface area contributed by atoms with Gasteiger partial charge in [-0.2, -0.15) is 13.2 Å². The van der Waals surface area contributed by atoms with Crippen molar-refractivity contribution in [1.29, 1.82) is 0 Å². The molecule has 6 heteroatoms. The maximum atomic E-state index is 12.3. The van der Waals surface area contributed by atoms with Crippen molar-refractivity contribution in [3.8, 4) is 0 Å². The number of benzene rings is 1. The molecule has 0 amide bonds. The van der Waals surface area contributed by atoms with Gasteiger partial charge in [0.2, 0.25) is 0 Å². The fourth-order valence-electron chi connectivity index (χ4n) is 1.75. The number of rotatable bonds is 8. The fraction of sp³-hybridized carbons (Fsp3) is 0.500. The van der Waals surface area contributed by atoms with Crippen molar-refractivity contribution in [2.45, 2.75) is 38.4 Å². The zero-order valence-corrected chi connectivity index (χ0v) is 11.0. The van der Waals surface area contributed by atoms with Gasteiger partial charge in [0.15, 0.2) is 0 Å². The molecule has 0 heterocycles. The Kier molecular flexibility index (Phi) is 6.51. The van der Waals surface area contributed by atoms with Crippen molar-refractivity contribution in [3.63, 3.8) is 0 Å². The molecule has 0 atom stereocenters. The van der Waals surface area contributed by atoms with Crippen LogP contribution >= 0.6 is 0 Å². The second kappa shape index (κ2) is 7.89. The van der Waals surface area contributed by atoms with Crippen LogP contribution in [-0.4, -0.2) is 17.6 Å². The van der Waals surface area contributed by atoms with Crippen molar-refractivity contribution in [2.24, 2.45) is 0 Å². The van der Waals surface area contributed by atoms with Crippen LogP contribution in [0.4, 0.5) is 13.2 Å². The summed E-state index contributed by atoms with van der Waals surface area (Å²) in [6.07, 6.45) is -1.79. The molecule has 1 aromatic rings. The van der Waals surface area contributed by atoms with E-state index in [1.807, 2.05) is 0 Å². The third-order valence-electron chi connectivity index (χ3n) is 2.85. The first kappa shape index (κ1) is 16.5. The Balaban J connectivity index is 2.18. The second-order valence-corrected chi connectivity index (χ2v) is 4.58.